The molecule has 3 nitrogen and oxygen atoms in total. The highest BCUT2D eigenvalue weighted by Gasteiger charge is 2.11. The van der Waals surface area contributed by atoms with Crippen molar-refractivity contribution >= 4 is 8.60 Å². The number of hydrogen-bond donors (Lipinski definition) is 2. The zero-order valence-electron chi connectivity index (χ0n) is 14.1. The van der Waals surface area contributed by atoms with Gasteiger partial charge in [0, 0.05) is 0 Å². The van der Waals surface area contributed by atoms with E-state index < -0.39 is 8.60 Å². The van der Waals surface area contributed by atoms with Crippen molar-refractivity contribution in [1.82, 2.24) is 0 Å². The van der Waals surface area contributed by atoms with E-state index in [9.17, 15) is 0 Å². The lowest BCUT2D eigenvalue weighted by molar-refractivity contribution is 0.247. The van der Waals surface area contributed by atoms with Crippen molar-refractivity contribution in [2.45, 2.75) is 38.5 Å². The molecule has 0 aliphatic carbocycles. The summed E-state index contributed by atoms with van der Waals surface area (Å²) in [5.74, 6) is 0.628. The second-order valence-corrected chi connectivity index (χ2v) is 6.94. The van der Waals surface area contributed by atoms with E-state index in [1.165, 1.54) is 17.5 Å². The second kappa shape index (κ2) is 11.3. The number of benzene rings is 2. The van der Waals surface area contributed by atoms with E-state index in [0.717, 1.165) is 32.1 Å². The minimum atomic E-state index is -2.20. The van der Waals surface area contributed by atoms with Crippen LogP contribution in [0.3, 0.4) is 0 Å². The van der Waals surface area contributed by atoms with E-state index in [2.05, 4.69) is 60.7 Å². The zero-order chi connectivity index (χ0) is 17.0. The summed E-state index contributed by atoms with van der Waals surface area (Å²) >= 11 is 0. The Morgan fingerprint density at radius 1 is 0.750 bits per heavy atom. The smallest absolute Gasteiger partial charge is 0.327 e. The summed E-state index contributed by atoms with van der Waals surface area (Å²) in [5, 5.41) is 0. The first-order valence-electron chi connectivity index (χ1n) is 8.62. The molecule has 0 unspecified atom stereocenters. The number of rotatable bonds is 11. The van der Waals surface area contributed by atoms with Gasteiger partial charge < -0.3 is 14.3 Å². The van der Waals surface area contributed by atoms with Crippen LogP contribution in [0.5, 0.6) is 0 Å². The summed E-state index contributed by atoms with van der Waals surface area (Å²) in [6.07, 6.45) is 6.46. The van der Waals surface area contributed by atoms with Gasteiger partial charge in [-0.15, -0.1) is 0 Å². The number of unbranched alkanes of at least 4 members (excludes halogenated alkanes) is 2. The van der Waals surface area contributed by atoms with E-state index in [0.29, 0.717) is 12.5 Å². The Morgan fingerprint density at radius 2 is 1.29 bits per heavy atom. The SMILES string of the molecule is OP(O)OCCCCCC(Cc1ccccc1)Cc1ccccc1. The summed E-state index contributed by atoms with van der Waals surface area (Å²) in [4.78, 5) is 17.4. The molecule has 0 saturated carbocycles. The molecule has 0 radical (unpaired) electrons. The van der Waals surface area contributed by atoms with Gasteiger partial charge in [0.2, 0.25) is 0 Å². The maximum atomic E-state index is 8.72. The van der Waals surface area contributed by atoms with Crippen LogP contribution in [0.1, 0.15) is 36.8 Å². The standard InChI is InChI=1S/C20H27O3P/c21-24(22)23-15-9-3-8-14-20(16-18-10-4-1-5-11-18)17-19-12-6-2-7-13-19/h1-2,4-7,10-13,20-22H,3,8-9,14-17H2. The van der Waals surface area contributed by atoms with Crippen LogP contribution < -0.4 is 0 Å². The van der Waals surface area contributed by atoms with Gasteiger partial charge in [0.05, 0.1) is 6.61 Å². The van der Waals surface area contributed by atoms with Crippen molar-refractivity contribution in [2.75, 3.05) is 6.61 Å². The molecule has 0 fully saturated rings. The molecule has 130 valence electrons. The highest BCUT2D eigenvalue weighted by atomic mass is 31.2. The topological polar surface area (TPSA) is 49.7 Å². The predicted octanol–water partition coefficient (Wildman–Crippen LogP) is 4.88. The van der Waals surface area contributed by atoms with Crippen LogP contribution in [0.2, 0.25) is 0 Å². The average molecular weight is 346 g/mol. The largest absolute Gasteiger partial charge is 0.328 e. The molecule has 0 heterocycles. The zero-order valence-corrected chi connectivity index (χ0v) is 14.9. The molecule has 2 N–H and O–H groups in total. The summed E-state index contributed by atoms with van der Waals surface area (Å²) in [7, 11) is -2.20. The molecule has 0 aliphatic heterocycles. The van der Waals surface area contributed by atoms with E-state index in [-0.39, 0.29) is 0 Å². The first-order valence-corrected chi connectivity index (χ1v) is 9.79. The van der Waals surface area contributed by atoms with Crippen LogP contribution >= 0.6 is 8.60 Å². The van der Waals surface area contributed by atoms with Crippen molar-refractivity contribution in [3.05, 3.63) is 71.8 Å². The van der Waals surface area contributed by atoms with Crippen LogP contribution in [-0.2, 0) is 17.4 Å². The fourth-order valence-electron chi connectivity index (χ4n) is 3.03. The summed E-state index contributed by atoms with van der Waals surface area (Å²) in [5.41, 5.74) is 2.79. The third-order valence-corrected chi connectivity index (χ3v) is 4.61. The molecule has 2 aromatic rings. The normalized spacial score (nSPS) is 11.3. The molecular weight excluding hydrogens is 319 g/mol. The van der Waals surface area contributed by atoms with Gasteiger partial charge in [0.25, 0.3) is 0 Å². The molecule has 0 atom stereocenters. The second-order valence-electron chi connectivity index (χ2n) is 6.18. The van der Waals surface area contributed by atoms with E-state index in [1.807, 2.05) is 0 Å². The van der Waals surface area contributed by atoms with Crippen LogP contribution in [0.4, 0.5) is 0 Å². The van der Waals surface area contributed by atoms with Crippen LogP contribution in [0.25, 0.3) is 0 Å². The highest BCUT2D eigenvalue weighted by molar-refractivity contribution is 7.39. The minimum absolute atomic E-state index is 0.431. The van der Waals surface area contributed by atoms with Crippen molar-refractivity contribution in [2.24, 2.45) is 5.92 Å². The molecular formula is C20H27O3P. The van der Waals surface area contributed by atoms with Gasteiger partial charge in [-0.25, -0.2) is 0 Å². The van der Waals surface area contributed by atoms with E-state index >= 15 is 0 Å². The molecule has 0 aliphatic rings. The fraction of sp³-hybridized carbons (Fsp3) is 0.400. The average Bonchev–Trinajstić information content (AvgIpc) is 2.59. The van der Waals surface area contributed by atoms with Gasteiger partial charge in [-0.05, 0) is 42.7 Å². The summed E-state index contributed by atoms with van der Waals surface area (Å²) in [6, 6.07) is 21.4. The fourth-order valence-corrected chi connectivity index (χ4v) is 3.32. The third-order valence-electron chi connectivity index (χ3n) is 4.20. The Kier molecular flexibility index (Phi) is 9.01. The maximum absolute atomic E-state index is 8.72. The van der Waals surface area contributed by atoms with E-state index in [1.54, 1.807) is 0 Å². The quantitative estimate of drug-likeness (QED) is 0.450. The molecule has 2 rings (SSSR count). The Bertz CT molecular complexity index is 504. The van der Waals surface area contributed by atoms with Crippen LogP contribution in [0, 0.1) is 5.92 Å². The molecule has 0 bridgehead atoms. The minimum Gasteiger partial charge on any atom is -0.328 e. The molecule has 0 spiro atoms. The van der Waals surface area contributed by atoms with Crippen molar-refractivity contribution in [1.29, 1.82) is 0 Å². The molecule has 2 aromatic carbocycles. The van der Waals surface area contributed by atoms with Crippen LogP contribution in [-0.4, -0.2) is 16.4 Å². The third kappa shape index (κ3) is 8.03. The summed E-state index contributed by atoms with van der Waals surface area (Å²) in [6.45, 7) is 0.431. The lowest BCUT2D eigenvalue weighted by Gasteiger charge is -2.17. The van der Waals surface area contributed by atoms with E-state index in [4.69, 9.17) is 14.3 Å². The number of hydrogen-bond acceptors (Lipinski definition) is 3. The Morgan fingerprint density at radius 3 is 1.79 bits per heavy atom. The van der Waals surface area contributed by atoms with Crippen molar-refractivity contribution in [3.8, 4) is 0 Å². The Labute approximate surface area is 146 Å². The van der Waals surface area contributed by atoms with Gasteiger partial charge in [-0.3, -0.25) is 0 Å². The Hall–Kier alpha value is -1.25. The van der Waals surface area contributed by atoms with Crippen LogP contribution in [0.15, 0.2) is 60.7 Å². The maximum Gasteiger partial charge on any atom is 0.327 e. The van der Waals surface area contributed by atoms with Gasteiger partial charge in [-0.2, -0.15) is 0 Å². The molecule has 0 saturated heterocycles. The molecule has 0 amide bonds. The molecule has 24 heavy (non-hydrogen) atoms. The lowest BCUT2D eigenvalue weighted by Crippen LogP contribution is -2.09. The lowest BCUT2D eigenvalue weighted by atomic mass is 9.88. The van der Waals surface area contributed by atoms with Gasteiger partial charge in [0.1, 0.15) is 0 Å². The predicted molar refractivity (Wildman–Crippen MR) is 99.6 cm³/mol. The van der Waals surface area contributed by atoms with Gasteiger partial charge in [0.15, 0.2) is 0 Å². The molecule has 0 aromatic heterocycles. The van der Waals surface area contributed by atoms with Gasteiger partial charge >= 0.3 is 8.60 Å². The highest BCUT2D eigenvalue weighted by Crippen LogP contribution is 2.25. The van der Waals surface area contributed by atoms with Crippen molar-refractivity contribution in [3.63, 3.8) is 0 Å². The Balaban J connectivity index is 1.81. The molecule has 4 heteroatoms. The first kappa shape index (κ1) is 19.1. The monoisotopic (exact) mass is 346 g/mol. The summed E-state index contributed by atoms with van der Waals surface area (Å²) < 4.78 is 4.82. The first-order chi connectivity index (χ1) is 11.7. The van der Waals surface area contributed by atoms with Gasteiger partial charge in [-0.1, -0.05) is 73.5 Å². The van der Waals surface area contributed by atoms with Crippen molar-refractivity contribution < 1.29 is 14.3 Å².